The molecule has 0 fully saturated rings. The molecule has 3 aromatic rings. The summed E-state index contributed by atoms with van der Waals surface area (Å²) in [5, 5.41) is 5.30. The van der Waals surface area contributed by atoms with Gasteiger partial charge in [0.25, 0.3) is 15.9 Å². The van der Waals surface area contributed by atoms with Crippen LogP contribution in [0.25, 0.3) is 0 Å². The number of halogens is 1. The van der Waals surface area contributed by atoms with Gasteiger partial charge in [-0.05, 0) is 68.3 Å². The van der Waals surface area contributed by atoms with Crippen LogP contribution in [0.1, 0.15) is 27.0 Å². The average molecular weight is 470 g/mol. The Labute approximate surface area is 192 Å². The molecule has 172 valence electrons. The van der Waals surface area contributed by atoms with E-state index in [-0.39, 0.29) is 22.7 Å². The second-order valence-electron chi connectivity index (χ2n) is 7.61. The number of hydrogen-bond donors (Lipinski definition) is 3. The third-order valence-electron chi connectivity index (χ3n) is 4.89. The van der Waals surface area contributed by atoms with Crippen molar-refractivity contribution in [3.63, 3.8) is 0 Å². The molecule has 0 unspecified atom stereocenters. The van der Waals surface area contributed by atoms with Gasteiger partial charge in [-0.3, -0.25) is 14.3 Å². The summed E-state index contributed by atoms with van der Waals surface area (Å²) in [6, 6.07) is 14.2. The second kappa shape index (κ2) is 9.83. The van der Waals surface area contributed by atoms with E-state index in [0.29, 0.717) is 5.69 Å². The third kappa shape index (κ3) is 5.95. The first-order chi connectivity index (χ1) is 15.6. The van der Waals surface area contributed by atoms with Crippen LogP contribution in [0, 0.1) is 26.6 Å². The zero-order chi connectivity index (χ0) is 24.2. The zero-order valence-corrected chi connectivity index (χ0v) is 19.2. The summed E-state index contributed by atoms with van der Waals surface area (Å²) in [6.07, 6.45) is 0. The van der Waals surface area contributed by atoms with E-state index in [1.165, 1.54) is 12.1 Å². The van der Waals surface area contributed by atoms with Gasteiger partial charge in [0.1, 0.15) is 5.82 Å². The Morgan fingerprint density at radius 2 is 1.52 bits per heavy atom. The van der Waals surface area contributed by atoms with Crippen LogP contribution < -0.4 is 15.4 Å². The summed E-state index contributed by atoms with van der Waals surface area (Å²) >= 11 is 0. The van der Waals surface area contributed by atoms with E-state index >= 15 is 0 Å². The lowest BCUT2D eigenvalue weighted by Crippen LogP contribution is -2.33. The lowest BCUT2D eigenvalue weighted by atomic mass is 10.1. The maximum Gasteiger partial charge on any atom is 0.261 e. The van der Waals surface area contributed by atoms with Gasteiger partial charge in [0.15, 0.2) is 0 Å². The monoisotopic (exact) mass is 469 g/mol. The highest BCUT2D eigenvalue weighted by molar-refractivity contribution is 7.92. The molecule has 0 heterocycles. The first kappa shape index (κ1) is 23.9. The van der Waals surface area contributed by atoms with Gasteiger partial charge in [0.2, 0.25) is 5.91 Å². The Morgan fingerprint density at radius 1 is 0.909 bits per heavy atom. The van der Waals surface area contributed by atoms with Crippen LogP contribution in [0.15, 0.2) is 65.6 Å². The molecule has 0 saturated heterocycles. The SMILES string of the molecule is Cc1cc(C)c(NC(=O)CNC(=O)c2ccccc2NS(=O)(=O)c2ccc(F)cc2)c(C)c1. The fourth-order valence-electron chi connectivity index (χ4n) is 3.40. The average Bonchev–Trinajstić information content (AvgIpc) is 2.75. The Kier molecular flexibility index (Phi) is 7.13. The van der Waals surface area contributed by atoms with Gasteiger partial charge in [0.05, 0.1) is 22.7 Å². The topological polar surface area (TPSA) is 104 Å². The predicted molar refractivity (Wildman–Crippen MR) is 125 cm³/mol. The first-order valence-electron chi connectivity index (χ1n) is 10.1. The standard InChI is InChI=1S/C24H24FN3O4S/c1-15-12-16(2)23(17(3)13-15)27-22(29)14-26-24(30)20-6-4-5-7-21(20)28-33(31,32)19-10-8-18(25)9-11-19/h4-13,28H,14H2,1-3H3,(H,26,30)(H,27,29). The fourth-order valence-corrected chi connectivity index (χ4v) is 4.48. The minimum Gasteiger partial charge on any atom is -0.343 e. The van der Waals surface area contributed by atoms with Crippen LogP contribution in [0.5, 0.6) is 0 Å². The van der Waals surface area contributed by atoms with E-state index < -0.39 is 27.7 Å². The maximum atomic E-state index is 13.1. The lowest BCUT2D eigenvalue weighted by molar-refractivity contribution is -0.115. The molecule has 33 heavy (non-hydrogen) atoms. The van der Waals surface area contributed by atoms with Crippen molar-refractivity contribution in [2.24, 2.45) is 0 Å². The number of carbonyl (C=O) groups excluding carboxylic acids is 2. The van der Waals surface area contributed by atoms with Gasteiger partial charge in [-0.2, -0.15) is 0 Å². The van der Waals surface area contributed by atoms with Crippen molar-refractivity contribution >= 4 is 33.2 Å². The molecule has 0 radical (unpaired) electrons. The molecular weight excluding hydrogens is 445 g/mol. The van der Waals surface area contributed by atoms with Crippen molar-refractivity contribution in [2.45, 2.75) is 25.7 Å². The Bertz CT molecular complexity index is 1280. The smallest absolute Gasteiger partial charge is 0.261 e. The summed E-state index contributed by atoms with van der Waals surface area (Å²) in [5.74, 6) is -1.61. The molecule has 0 aliphatic rings. The van der Waals surface area contributed by atoms with Crippen molar-refractivity contribution in [3.05, 3.63) is 88.7 Å². The van der Waals surface area contributed by atoms with E-state index in [2.05, 4.69) is 15.4 Å². The van der Waals surface area contributed by atoms with Crippen LogP contribution in [0.4, 0.5) is 15.8 Å². The quantitative estimate of drug-likeness (QED) is 0.488. The largest absolute Gasteiger partial charge is 0.343 e. The van der Waals surface area contributed by atoms with Crippen LogP contribution in [0.3, 0.4) is 0 Å². The predicted octanol–water partition coefficient (Wildman–Crippen LogP) is 3.92. The highest BCUT2D eigenvalue weighted by Gasteiger charge is 2.19. The van der Waals surface area contributed by atoms with Gasteiger partial charge in [0, 0.05) is 5.69 Å². The maximum absolute atomic E-state index is 13.1. The third-order valence-corrected chi connectivity index (χ3v) is 6.27. The van der Waals surface area contributed by atoms with E-state index in [1.54, 1.807) is 12.1 Å². The highest BCUT2D eigenvalue weighted by atomic mass is 32.2. The molecule has 2 amide bonds. The normalized spacial score (nSPS) is 11.0. The molecule has 3 aromatic carbocycles. The number of amides is 2. The number of aryl methyl sites for hydroxylation is 3. The number of benzene rings is 3. The Morgan fingerprint density at radius 3 is 2.15 bits per heavy atom. The van der Waals surface area contributed by atoms with Crippen molar-refractivity contribution in [1.29, 1.82) is 0 Å². The van der Waals surface area contributed by atoms with E-state index in [1.807, 2.05) is 32.9 Å². The molecule has 0 aromatic heterocycles. The number of anilines is 2. The van der Waals surface area contributed by atoms with Crippen molar-refractivity contribution in [2.75, 3.05) is 16.6 Å². The van der Waals surface area contributed by atoms with Crippen LogP contribution in [-0.4, -0.2) is 26.8 Å². The number of sulfonamides is 1. The molecule has 0 aliphatic carbocycles. The molecule has 0 aliphatic heterocycles. The Balaban J connectivity index is 1.70. The van der Waals surface area contributed by atoms with Crippen molar-refractivity contribution in [1.82, 2.24) is 5.32 Å². The van der Waals surface area contributed by atoms with Crippen LogP contribution >= 0.6 is 0 Å². The second-order valence-corrected chi connectivity index (χ2v) is 9.29. The number of nitrogens with one attached hydrogen (secondary N) is 3. The number of para-hydroxylation sites is 1. The van der Waals surface area contributed by atoms with E-state index in [4.69, 9.17) is 0 Å². The molecule has 3 rings (SSSR count). The van der Waals surface area contributed by atoms with Gasteiger partial charge in [-0.25, -0.2) is 12.8 Å². The molecule has 0 saturated carbocycles. The summed E-state index contributed by atoms with van der Waals surface area (Å²) in [6.45, 7) is 5.44. The van der Waals surface area contributed by atoms with Gasteiger partial charge in [-0.1, -0.05) is 29.8 Å². The molecule has 9 heteroatoms. The van der Waals surface area contributed by atoms with E-state index in [0.717, 1.165) is 41.0 Å². The van der Waals surface area contributed by atoms with Crippen LogP contribution in [-0.2, 0) is 14.8 Å². The molecule has 0 spiro atoms. The fraction of sp³-hybridized carbons (Fsp3) is 0.167. The number of rotatable bonds is 7. The number of carbonyl (C=O) groups is 2. The number of hydrogen-bond acceptors (Lipinski definition) is 4. The molecule has 0 bridgehead atoms. The lowest BCUT2D eigenvalue weighted by Gasteiger charge is -2.14. The summed E-state index contributed by atoms with van der Waals surface area (Å²) in [5.41, 5.74) is 3.66. The highest BCUT2D eigenvalue weighted by Crippen LogP contribution is 2.22. The van der Waals surface area contributed by atoms with Crippen molar-refractivity contribution < 1.29 is 22.4 Å². The Hall–Kier alpha value is -3.72. The molecule has 0 atom stereocenters. The summed E-state index contributed by atoms with van der Waals surface area (Å²) in [4.78, 5) is 24.9. The summed E-state index contributed by atoms with van der Waals surface area (Å²) in [7, 11) is -4.05. The zero-order valence-electron chi connectivity index (χ0n) is 18.4. The van der Waals surface area contributed by atoms with E-state index in [9.17, 15) is 22.4 Å². The minimum atomic E-state index is -4.05. The van der Waals surface area contributed by atoms with Crippen LogP contribution in [0.2, 0.25) is 0 Å². The molecule has 3 N–H and O–H groups in total. The van der Waals surface area contributed by atoms with Gasteiger partial charge < -0.3 is 10.6 Å². The summed E-state index contributed by atoms with van der Waals surface area (Å²) < 4.78 is 40.7. The molecular formula is C24H24FN3O4S. The minimum absolute atomic E-state index is 0.0324. The first-order valence-corrected chi connectivity index (χ1v) is 11.6. The van der Waals surface area contributed by atoms with Gasteiger partial charge >= 0.3 is 0 Å². The van der Waals surface area contributed by atoms with Crippen molar-refractivity contribution in [3.8, 4) is 0 Å². The van der Waals surface area contributed by atoms with Gasteiger partial charge in [-0.15, -0.1) is 0 Å². The molecule has 7 nitrogen and oxygen atoms in total.